The Hall–Kier alpha value is -2.47. The molecule has 0 N–H and O–H groups in total. The lowest BCUT2D eigenvalue weighted by molar-refractivity contribution is -0.137. The molecule has 1 aromatic heterocycles. The van der Waals surface area contributed by atoms with Crippen LogP contribution in [0.5, 0.6) is 11.5 Å². The smallest absolute Gasteiger partial charge is 0.282 e. The maximum Gasteiger partial charge on any atom is 0.282 e. The Morgan fingerprint density at radius 2 is 1.93 bits per heavy atom. The van der Waals surface area contributed by atoms with Gasteiger partial charge in [-0.3, -0.25) is 9.59 Å². The molecule has 1 saturated carbocycles. The van der Waals surface area contributed by atoms with Crippen LogP contribution in [0.2, 0.25) is 5.02 Å². The van der Waals surface area contributed by atoms with Crippen molar-refractivity contribution in [2.45, 2.75) is 44.9 Å². The lowest BCUT2D eigenvalue weighted by Crippen LogP contribution is -2.43. The molecule has 2 heterocycles. The lowest BCUT2D eigenvalue weighted by atomic mass is 9.88. The van der Waals surface area contributed by atoms with Crippen LogP contribution in [-0.4, -0.2) is 66.2 Å². The van der Waals surface area contributed by atoms with E-state index in [4.69, 9.17) is 30.8 Å². The molecule has 2 fully saturated rings. The molecule has 3 aromatic rings. The van der Waals surface area contributed by atoms with Crippen LogP contribution in [0.4, 0.5) is 0 Å². The average molecular weight is 711 g/mol. The van der Waals surface area contributed by atoms with E-state index in [9.17, 15) is 9.59 Å². The number of halogens is 3. The molecule has 1 saturated heterocycles. The largest absolute Gasteiger partial charge is 0.490 e. The molecular weight excluding hydrogens is 680 g/mol. The predicted octanol–water partition coefficient (Wildman–Crippen LogP) is 6.14. The van der Waals surface area contributed by atoms with Gasteiger partial charge in [-0.25, -0.2) is 4.98 Å². The van der Waals surface area contributed by atoms with Crippen molar-refractivity contribution in [1.29, 1.82) is 0 Å². The van der Waals surface area contributed by atoms with Gasteiger partial charge in [-0.2, -0.15) is 9.78 Å². The van der Waals surface area contributed by atoms with Crippen molar-refractivity contribution >= 4 is 66.5 Å². The summed E-state index contributed by atoms with van der Waals surface area (Å²) in [7, 11) is 0. The highest BCUT2D eigenvalue weighted by atomic mass is 79.9. The van der Waals surface area contributed by atoms with Gasteiger partial charge in [0.1, 0.15) is 10.8 Å². The first-order valence-electron chi connectivity index (χ1n) is 13.8. The molecule has 0 atom stereocenters. The average Bonchev–Trinajstić information content (AvgIpc) is 2.99. The van der Waals surface area contributed by atoms with Crippen LogP contribution in [0, 0.1) is 0 Å². The highest BCUT2D eigenvalue weighted by Gasteiger charge is 2.24. The Bertz CT molecular complexity index is 1520. The van der Waals surface area contributed by atoms with E-state index in [0.29, 0.717) is 65.4 Å². The van der Waals surface area contributed by atoms with Crippen LogP contribution >= 0.6 is 43.5 Å². The van der Waals surface area contributed by atoms with Crippen LogP contribution in [0.1, 0.15) is 56.3 Å². The first-order valence-corrected chi connectivity index (χ1v) is 15.7. The third kappa shape index (κ3) is 6.79. The number of carbonyl (C=O) groups excluding carboxylic acids is 1. The van der Waals surface area contributed by atoms with Crippen LogP contribution in [0.15, 0.2) is 43.1 Å². The fourth-order valence-corrected chi connectivity index (χ4v) is 6.17. The van der Waals surface area contributed by atoms with Crippen LogP contribution in [0.25, 0.3) is 10.9 Å². The number of ether oxygens (including phenoxy) is 3. The third-order valence-corrected chi connectivity index (χ3v) is 9.21. The van der Waals surface area contributed by atoms with Crippen molar-refractivity contribution in [2.24, 2.45) is 5.10 Å². The van der Waals surface area contributed by atoms with Gasteiger partial charge in [0.15, 0.2) is 18.1 Å². The van der Waals surface area contributed by atoms with Gasteiger partial charge < -0.3 is 19.1 Å². The zero-order chi connectivity index (χ0) is 28.9. The topological polar surface area (TPSA) is 95.2 Å². The van der Waals surface area contributed by atoms with E-state index in [0.717, 1.165) is 30.2 Å². The molecule has 0 radical (unpaired) electrons. The Labute approximate surface area is 260 Å². The Balaban J connectivity index is 1.50. The number of aromatic nitrogens is 2. The summed E-state index contributed by atoms with van der Waals surface area (Å²) in [5, 5.41) is 5.37. The summed E-state index contributed by atoms with van der Waals surface area (Å²) in [6.07, 6.45) is 6.86. The molecule has 0 unspecified atom stereocenters. The van der Waals surface area contributed by atoms with Crippen molar-refractivity contribution in [3.63, 3.8) is 0 Å². The van der Waals surface area contributed by atoms with Crippen LogP contribution in [0.3, 0.4) is 0 Å². The van der Waals surface area contributed by atoms with Crippen LogP contribution in [-0.2, 0) is 9.53 Å². The summed E-state index contributed by atoms with van der Waals surface area (Å²) < 4.78 is 19.7. The third-order valence-electron chi connectivity index (χ3n) is 7.28. The molecule has 41 heavy (non-hydrogen) atoms. The molecule has 9 nitrogen and oxygen atoms in total. The zero-order valence-corrected chi connectivity index (χ0v) is 26.6. The summed E-state index contributed by atoms with van der Waals surface area (Å²) >= 11 is 13.7. The fourth-order valence-electron chi connectivity index (χ4n) is 5.16. The van der Waals surface area contributed by atoms with Gasteiger partial charge >= 0.3 is 0 Å². The van der Waals surface area contributed by atoms with Gasteiger partial charge in [-0.05, 0) is 60.0 Å². The van der Waals surface area contributed by atoms with E-state index in [2.05, 4.69) is 37.0 Å². The van der Waals surface area contributed by atoms with E-state index >= 15 is 0 Å². The van der Waals surface area contributed by atoms with Gasteiger partial charge in [0.2, 0.25) is 0 Å². The number of amides is 1. The van der Waals surface area contributed by atoms with E-state index in [-0.39, 0.29) is 34.8 Å². The van der Waals surface area contributed by atoms with Crippen molar-refractivity contribution < 1.29 is 19.0 Å². The second-order valence-electron chi connectivity index (χ2n) is 9.96. The number of morpholine rings is 1. The van der Waals surface area contributed by atoms with Gasteiger partial charge in [-0.15, -0.1) is 0 Å². The van der Waals surface area contributed by atoms with Crippen molar-refractivity contribution in [1.82, 2.24) is 14.6 Å². The second-order valence-corrected chi connectivity index (χ2v) is 12.1. The molecular formula is C29H31Br2ClN4O5. The highest BCUT2D eigenvalue weighted by molar-refractivity contribution is 9.10. The number of hydrogen-bond donors (Lipinski definition) is 0. The molecule has 5 rings (SSSR count). The van der Waals surface area contributed by atoms with Gasteiger partial charge in [-0.1, -0.05) is 46.8 Å². The predicted molar refractivity (Wildman–Crippen MR) is 166 cm³/mol. The number of benzene rings is 2. The lowest BCUT2D eigenvalue weighted by Gasteiger charge is -2.27. The molecule has 1 aliphatic heterocycles. The van der Waals surface area contributed by atoms with Crippen molar-refractivity contribution in [2.75, 3.05) is 39.5 Å². The second kappa shape index (κ2) is 13.7. The summed E-state index contributed by atoms with van der Waals surface area (Å²) in [6, 6.07) is 7.24. The molecule has 2 aliphatic rings. The highest BCUT2D eigenvalue weighted by Crippen LogP contribution is 2.42. The molecule has 218 valence electrons. The number of nitrogens with zero attached hydrogens (tertiary/aromatic N) is 4. The van der Waals surface area contributed by atoms with Crippen molar-refractivity contribution in [3.05, 3.63) is 60.0 Å². The first kappa shape index (κ1) is 30.0. The maximum absolute atomic E-state index is 13.7. The Morgan fingerprint density at radius 3 is 2.66 bits per heavy atom. The minimum atomic E-state index is -0.234. The van der Waals surface area contributed by atoms with E-state index in [1.165, 1.54) is 11.1 Å². The normalized spacial score (nSPS) is 16.4. The van der Waals surface area contributed by atoms with E-state index in [1.54, 1.807) is 23.2 Å². The summed E-state index contributed by atoms with van der Waals surface area (Å²) in [4.78, 5) is 32.9. The van der Waals surface area contributed by atoms with Gasteiger partial charge in [0.05, 0.1) is 36.9 Å². The molecule has 1 amide bonds. The standard InChI is InChI=1S/C29H31Br2ClN4O5/c1-2-40-23-14-19(25(31)26(32)27(23)41-17-24(37)35-10-12-39-13-11-35)16-33-36-28(18-6-4-3-5-7-18)34-22-9-8-20(30)15-21(22)29(36)38/h8-9,14-16,18H,2-7,10-13,17H2,1H3. The SMILES string of the molecule is CCOc1cc(C=Nn2c(C3CCCCC3)nc3ccc(Br)cc3c2=O)c(Br)c(Cl)c1OCC(=O)N1CCOCC1. The maximum atomic E-state index is 13.7. The Kier molecular flexibility index (Phi) is 10.0. The molecule has 2 aromatic carbocycles. The fraction of sp³-hybridized carbons (Fsp3) is 0.448. The molecule has 12 heteroatoms. The first-order chi connectivity index (χ1) is 19.9. The monoisotopic (exact) mass is 708 g/mol. The minimum absolute atomic E-state index is 0.146. The quantitative estimate of drug-likeness (QED) is 0.261. The summed E-state index contributed by atoms with van der Waals surface area (Å²) in [5.74, 6) is 1.29. The Morgan fingerprint density at radius 1 is 1.17 bits per heavy atom. The van der Waals surface area contributed by atoms with Crippen LogP contribution < -0.4 is 15.0 Å². The molecule has 0 bridgehead atoms. The zero-order valence-electron chi connectivity index (χ0n) is 22.7. The number of hydrogen-bond acceptors (Lipinski definition) is 7. The van der Waals surface area contributed by atoms with Gasteiger partial charge in [0, 0.05) is 33.5 Å². The summed E-state index contributed by atoms with van der Waals surface area (Å²) in [6.45, 7) is 4.08. The number of fused-ring (bicyclic) bond motifs is 1. The number of carbonyl (C=O) groups is 1. The minimum Gasteiger partial charge on any atom is -0.490 e. The van der Waals surface area contributed by atoms with Crippen molar-refractivity contribution in [3.8, 4) is 11.5 Å². The molecule has 1 aliphatic carbocycles. The van der Waals surface area contributed by atoms with E-state index in [1.807, 2.05) is 19.1 Å². The van der Waals surface area contributed by atoms with E-state index < -0.39 is 0 Å². The van der Waals surface area contributed by atoms with Gasteiger partial charge in [0.25, 0.3) is 11.5 Å². The number of rotatable bonds is 8. The summed E-state index contributed by atoms with van der Waals surface area (Å²) in [5.41, 5.74) is 1.00. The molecule has 0 spiro atoms.